The predicted octanol–water partition coefficient (Wildman–Crippen LogP) is 3.67. The summed E-state index contributed by atoms with van der Waals surface area (Å²) in [7, 11) is 3.19. The van der Waals surface area contributed by atoms with Crippen molar-refractivity contribution in [2.24, 2.45) is 0 Å². The number of carbonyl (C=O) groups excluding carboxylic acids is 1. The Balaban J connectivity index is 1.51. The Labute approximate surface area is 172 Å². The third kappa shape index (κ3) is 5.46. The van der Waals surface area contributed by atoms with Gasteiger partial charge in [-0.05, 0) is 48.2 Å². The number of ether oxygens (including phenoxy) is 2. The average molecular weight is 416 g/mol. The lowest BCUT2D eigenvalue weighted by Gasteiger charge is -2.09. The molecule has 0 bridgehead atoms. The van der Waals surface area contributed by atoms with Crippen LogP contribution in [0.1, 0.15) is 4.88 Å². The Kier molecular flexibility index (Phi) is 7.27. The smallest absolute Gasteiger partial charge is 0.230 e. The molecule has 6 nitrogen and oxygen atoms in total. The van der Waals surface area contributed by atoms with Crippen molar-refractivity contribution in [2.45, 2.75) is 11.4 Å². The summed E-state index contributed by atoms with van der Waals surface area (Å²) in [4.78, 5) is 13.2. The van der Waals surface area contributed by atoms with Crippen molar-refractivity contribution in [3.63, 3.8) is 0 Å². The number of benzene rings is 1. The number of nitrogens with zero attached hydrogens (tertiary/aromatic N) is 2. The molecule has 0 aliphatic heterocycles. The molecule has 1 N–H and O–H groups in total. The van der Waals surface area contributed by atoms with Crippen LogP contribution in [0.15, 0.2) is 52.9 Å². The molecule has 0 saturated carbocycles. The lowest BCUT2D eigenvalue weighted by Crippen LogP contribution is -2.27. The van der Waals surface area contributed by atoms with Crippen LogP contribution in [0.25, 0.3) is 11.3 Å². The monoisotopic (exact) mass is 415 g/mol. The minimum absolute atomic E-state index is 0.00711. The van der Waals surface area contributed by atoms with E-state index in [1.165, 1.54) is 16.6 Å². The topological polar surface area (TPSA) is 73.3 Å². The Bertz CT molecular complexity index is 900. The summed E-state index contributed by atoms with van der Waals surface area (Å²) < 4.78 is 10.6. The summed E-state index contributed by atoms with van der Waals surface area (Å²) in [5.74, 6) is 1.61. The van der Waals surface area contributed by atoms with Gasteiger partial charge in [0, 0.05) is 17.0 Å². The highest BCUT2D eigenvalue weighted by Gasteiger charge is 2.09. The number of thioether (sulfide) groups is 1. The van der Waals surface area contributed by atoms with Crippen molar-refractivity contribution in [2.75, 3.05) is 26.5 Å². The average Bonchev–Trinajstić information content (AvgIpc) is 3.25. The first-order valence-corrected chi connectivity index (χ1v) is 10.5. The van der Waals surface area contributed by atoms with Gasteiger partial charge in [0.2, 0.25) is 5.91 Å². The van der Waals surface area contributed by atoms with E-state index in [1.807, 2.05) is 41.8 Å². The van der Waals surface area contributed by atoms with E-state index >= 15 is 0 Å². The van der Waals surface area contributed by atoms with Crippen LogP contribution in [-0.4, -0.2) is 42.6 Å². The summed E-state index contributed by atoms with van der Waals surface area (Å²) >= 11 is 3.07. The van der Waals surface area contributed by atoms with E-state index in [-0.39, 0.29) is 5.91 Å². The number of amides is 1. The maximum atomic E-state index is 12.0. The Morgan fingerprint density at radius 1 is 1.11 bits per heavy atom. The van der Waals surface area contributed by atoms with Crippen LogP contribution >= 0.6 is 23.1 Å². The van der Waals surface area contributed by atoms with Crippen LogP contribution in [0.4, 0.5) is 0 Å². The van der Waals surface area contributed by atoms with Crippen molar-refractivity contribution in [1.82, 2.24) is 15.5 Å². The number of carbonyl (C=O) groups is 1. The fraction of sp³-hybridized carbons (Fsp3) is 0.250. The van der Waals surface area contributed by atoms with Crippen LogP contribution in [-0.2, 0) is 11.2 Å². The normalized spacial score (nSPS) is 10.5. The van der Waals surface area contributed by atoms with Gasteiger partial charge in [-0.3, -0.25) is 4.79 Å². The van der Waals surface area contributed by atoms with Gasteiger partial charge in [0.15, 0.2) is 11.5 Å². The quantitative estimate of drug-likeness (QED) is 0.538. The van der Waals surface area contributed by atoms with E-state index in [0.717, 1.165) is 17.7 Å². The summed E-state index contributed by atoms with van der Waals surface area (Å²) in [6.07, 6.45) is 0.855. The SMILES string of the molecule is COc1ccc(-c2ccc(SCC(=O)NCCc3cccs3)nn2)cc1OC. The lowest BCUT2D eigenvalue weighted by atomic mass is 10.1. The molecule has 1 aromatic carbocycles. The molecule has 0 aliphatic rings. The second-order valence-corrected chi connectivity index (χ2v) is 7.82. The molecule has 2 aromatic heterocycles. The van der Waals surface area contributed by atoms with Gasteiger partial charge in [0.1, 0.15) is 5.03 Å². The third-order valence-electron chi connectivity index (χ3n) is 3.94. The molecule has 0 unspecified atom stereocenters. The summed E-state index contributed by atoms with van der Waals surface area (Å²) in [6, 6.07) is 13.4. The minimum Gasteiger partial charge on any atom is -0.493 e. The summed E-state index contributed by atoms with van der Waals surface area (Å²) in [6.45, 7) is 0.643. The van der Waals surface area contributed by atoms with Crippen molar-refractivity contribution < 1.29 is 14.3 Å². The molecule has 1 amide bonds. The van der Waals surface area contributed by atoms with Gasteiger partial charge in [0.05, 0.1) is 25.7 Å². The molecular weight excluding hydrogens is 394 g/mol. The molecule has 28 heavy (non-hydrogen) atoms. The molecule has 0 fully saturated rings. The number of hydrogen-bond acceptors (Lipinski definition) is 7. The predicted molar refractivity (Wildman–Crippen MR) is 112 cm³/mol. The Hall–Kier alpha value is -2.58. The van der Waals surface area contributed by atoms with Crippen molar-refractivity contribution >= 4 is 29.0 Å². The first-order valence-electron chi connectivity index (χ1n) is 8.67. The standard InChI is InChI=1S/C20H21N3O3S2/c1-25-17-7-5-14(12-18(17)26-2)16-6-8-20(23-22-16)28-13-19(24)21-10-9-15-4-3-11-27-15/h3-8,11-12H,9-10,13H2,1-2H3,(H,21,24). The van der Waals surface area contributed by atoms with Gasteiger partial charge >= 0.3 is 0 Å². The van der Waals surface area contributed by atoms with Gasteiger partial charge in [0.25, 0.3) is 0 Å². The molecule has 0 atom stereocenters. The third-order valence-corrected chi connectivity index (χ3v) is 5.80. The van der Waals surface area contributed by atoms with Crippen LogP contribution in [0.5, 0.6) is 11.5 Å². The summed E-state index contributed by atoms with van der Waals surface area (Å²) in [5.41, 5.74) is 1.61. The van der Waals surface area contributed by atoms with Gasteiger partial charge < -0.3 is 14.8 Å². The van der Waals surface area contributed by atoms with E-state index in [0.29, 0.717) is 28.8 Å². The maximum Gasteiger partial charge on any atom is 0.230 e. The number of thiophene rings is 1. The molecule has 146 valence electrons. The minimum atomic E-state index is -0.00711. The fourth-order valence-corrected chi connectivity index (χ4v) is 3.87. The first-order chi connectivity index (χ1) is 13.7. The van der Waals surface area contributed by atoms with Gasteiger partial charge in [-0.25, -0.2) is 0 Å². The number of rotatable bonds is 9. The highest BCUT2D eigenvalue weighted by Crippen LogP contribution is 2.31. The molecule has 2 heterocycles. The van der Waals surface area contributed by atoms with Gasteiger partial charge in [-0.15, -0.1) is 21.5 Å². The highest BCUT2D eigenvalue weighted by atomic mass is 32.2. The largest absolute Gasteiger partial charge is 0.493 e. The lowest BCUT2D eigenvalue weighted by molar-refractivity contribution is -0.118. The molecular formula is C20H21N3O3S2. The van der Waals surface area contributed by atoms with Crippen molar-refractivity contribution in [3.8, 4) is 22.8 Å². The molecule has 3 rings (SSSR count). The van der Waals surface area contributed by atoms with Crippen molar-refractivity contribution in [1.29, 1.82) is 0 Å². The maximum absolute atomic E-state index is 12.0. The highest BCUT2D eigenvalue weighted by molar-refractivity contribution is 7.99. The number of hydrogen-bond donors (Lipinski definition) is 1. The molecule has 0 saturated heterocycles. The first kappa shape index (κ1) is 20.2. The Morgan fingerprint density at radius 3 is 2.64 bits per heavy atom. The number of nitrogens with one attached hydrogen (secondary N) is 1. The molecule has 0 radical (unpaired) electrons. The van der Waals surface area contributed by atoms with E-state index < -0.39 is 0 Å². The summed E-state index contributed by atoms with van der Waals surface area (Å²) in [5, 5.41) is 14.1. The van der Waals surface area contributed by atoms with Gasteiger partial charge in [-0.1, -0.05) is 17.8 Å². The van der Waals surface area contributed by atoms with Crippen LogP contribution in [0, 0.1) is 0 Å². The van der Waals surface area contributed by atoms with Crippen molar-refractivity contribution in [3.05, 3.63) is 52.7 Å². The van der Waals surface area contributed by atoms with Crippen LogP contribution in [0.3, 0.4) is 0 Å². The zero-order valence-electron chi connectivity index (χ0n) is 15.7. The fourth-order valence-electron chi connectivity index (χ4n) is 2.52. The van der Waals surface area contributed by atoms with Gasteiger partial charge in [-0.2, -0.15) is 0 Å². The van der Waals surface area contributed by atoms with E-state index in [9.17, 15) is 4.79 Å². The second kappa shape index (κ2) is 10.1. The number of aromatic nitrogens is 2. The Morgan fingerprint density at radius 2 is 1.96 bits per heavy atom. The van der Waals surface area contributed by atoms with E-state index in [2.05, 4.69) is 21.6 Å². The number of methoxy groups -OCH3 is 2. The second-order valence-electron chi connectivity index (χ2n) is 5.79. The van der Waals surface area contributed by atoms with E-state index in [1.54, 1.807) is 25.6 Å². The van der Waals surface area contributed by atoms with E-state index in [4.69, 9.17) is 9.47 Å². The van der Waals surface area contributed by atoms with Crippen LogP contribution < -0.4 is 14.8 Å². The zero-order valence-corrected chi connectivity index (χ0v) is 17.3. The zero-order chi connectivity index (χ0) is 19.8. The molecule has 0 spiro atoms. The molecule has 0 aliphatic carbocycles. The molecule has 3 aromatic rings. The van der Waals surface area contributed by atoms with Crippen LogP contribution in [0.2, 0.25) is 0 Å². The molecule has 8 heteroatoms.